The van der Waals surface area contributed by atoms with Crippen LogP contribution in [-0.2, 0) is 4.74 Å². The molecule has 5 rings (SSSR count). The van der Waals surface area contributed by atoms with E-state index in [0.29, 0.717) is 57.1 Å². The van der Waals surface area contributed by atoms with Crippen LogP contribution in [0.5, 0.6) is 46.0 Å². The van der Waals surface area contributed by atoms with Gasteiger partial charge in [-0.1, -0.05) is 26.0 Å². The molecule has 0 aliphatic carbocycles. The third-order valence-electron chi connectivity index (χ3n) is 9.79. The van der Waals surface area contributed by atoms with Crippen molar-refractivity contribution >= 4 is 11.6 Å². The van der Waals surface area contributed by atoms with E-state index < -0.39 is 12.2 Å². The number of ketones is 2. The number of hydrogen-bond donors (Lipinski definition) is 0. The number of carbonyl (C=O) groups is 2. The van der Waals surface area contributed by atoms with E-state index in [-0.39, 0.29) is 35.6 Å². The highest BCUT2D eigenvalue weighted by atomic mass is 16.5. The fourth-order valence-corrected chi connectivity index (χ4v) is 6.57. The Kier molecular flexibility index (Phi) is 12.4. The zero-order valence-corrected chi connectivity index (χ0v) is 31.9. The minimum atomic E-state index is -0.798. The summed E-state index contributed by atoms with van der Waals surface area (Å²) in [5.74, 6) is 3.69. The smallest absolute Gasteiger partial charge is 0.203 e. The predicted molar refractivity (Wildman–Crippen MR) is 199 cm³/mol. The molecule has 2 unspecified atom stereocenters. The summed E-state index contributed by atoms with van der Waals surface area (Å²) in [7, 11) is 9.26. The van der Waals surface area contributed by atoms with Gasteiger partial charge in [-0.25, -0.2) is 0 Å². The summed E-state index contributed by atoms with van der Waals surface area (Å²) < 4.78 is 51.7. The first kappa shape index (κ1) is 38.8. The van der Waals surface area contributed by atoms with Gasteiger partial charge in [0.05, 0.1) is 54.9 Å². The van der Waals surface area contributed by atoms with E-state index in [1.165, 1.54) is 14.2 Å². The van der Waals surface area contributed by atoms with E-state index >= 15 is 0 Å². The number of methoxy groups -OCH3 is 6. The van der Waals surface area contributed by atoms with Crippen LogP contribution < -0.4 is 37.9 Å². The molecular formula is C42H48O11. The van der Waals surface area contributed by atoms with E-state index in [1.54, 1.807) is 90.8 Å². The van der Waals surface area contributed by atoms with Gasteiger partial charge >= 0.3 is 0 Å². The molecule has 1 heterocycles. The standard InChI is InChI=1S/C42H48O11/c1-23-24(2)42(30-14-18-34(38(22-30)50-10)52-26(4)40(44)28-12-16-32(46-6)36(20-28)48-8)53-41(23)29-13-17-33(37(21-29)49-9)51-25(3)39(43)27-11-15-31(45-5)35(19-27)47-7/h11-26,41-42H,1-10H3/t23-,24-,25?,26?,41+,42+/m1/s1. The molecule has 1 aliphatic rings. The summed E-state index contributed by atoms with van der Waals surface area (Å²) in [5, 5.41) is 0. The molecule has 1 saturated heterocycles. The average Bonchev–Trinajstić information content (AvgIpc) is 3.49. The van der Waals surface area contributed by atoms with Gasteiger partial charge in [-0.3, -0.25) is 9.59 Å². The van der Waals surface area contributed by atoms with Gasteiger partial charge in [0.1, 0.15) is 0 Å². The molecule has 1 fully saturated rings. The van der Waals surface area contributed by atoms with Gasteiger partial charge < -0.3 is 42.6 Å². The molecule has 0 N–H and O–H groups in total. The monoisotopic (exact) mass is 728 g/mol. The lowest BCUT2D eigenvalue weighted by molar-refractivity contribution is 0.0287. The van der Waals surface area contributed by atoms with Gasteiger partial charge in [-0.15, -0.1) is 0 Å². The lowest BCUT2D eigenvalue weighted by atomic mass is 9.85. The van der Waals surface area contributed by atoms with E-state index in [1.807, 2.05) is 24.3 Å². The van der Waals surface area contributed by atoms with E-state index in [9.17, 15) is 9.59 Å². The summed E-state index contributed by atoms with van der Waals surface area (Å²) in [4.78, 5) is 26.5. The maximum atomic E-state index is 13.3. The van der Waals surface area contributed by atoms with Gasteiger partial charge in [-0.05, 0) is 97.5 Å². The first-order chi connectivity index (χ1) is 25.5. The van der Waals surface area contributed by atoms with Crippen molar-refractivity contribution in [1.82, 2.24) is 0 Å². The molecule has 4 aromatic rings. The second-order valence-electron chi connectivity index (χ2n) is 12.9. The largest absolute Gasteiger partial charge is 0.493 e. The van der Waals surface area contributed by atoms with Crippen molar-refractivity contribution in [2.75, 3.05) is 42.7 Å². The third-order valence-corrected chi connectivity index (χ3v) is 9.79. The molecule has 0 saturated carbocycles. The minimum Gasteiger partial charge on any atom is -0.493 e. The molecule has 0 aromatic heterocycles. The Morgan fingerprint density at radius 1 is 0.472 bits per heavy atom. The topological polar surface area (TPSA) is 117 Å². The minimum absolute atomic E-state index is 0.142. The second-order valence-corrected chi connectivity index (χ2v) is 12.9. The summed E-state index contributed by atoms with van der Waals surface area (Å²) in [6.07, 6.45) is -2.09. The summed E-state index contributed by atoms with van der Waals surface area (Å²) in [6, 6.07) is 21.3. The lowest BCUT2D eigenvalue weighted by Crippen LogP contribution is -2.24. The highest BCUT2D eigenvalue weighted by molar-refractivity contribution is 6.00. The molecule has 0 spiro atoms. The molecular weight excluding hydrogens is 680 g/mol. The molecule has 53 heavy (non-hydrogen) atoms. The Labute approximate surface area is 311 Å². The van der Waals surface area contributed by atoms with Gasteiger partial charge in [0.15, 0.2) is 58.2 Å². The second kappa shape index (κ2) is 16.9. The predicted octanol–water partition coefficient (Wildman–Crippen LogP) is 8.12. The maximum absolute atomic E-state index is 13.3. The number of hydrogen-bond acceptors (Lipinski definition) is 11. The zero-order valence-electron chi connectivity index (χ0n) is 31.9. The quantitative estimate of drug-likeness (QED) is 0.104. The van der Waals surface area contributed by atoms with Crippen molar-refractivity contribution < 1.29 is 52.2 Å². The Morgan fingerprint density at radius 3 is 1.13 bits per heavy atom. The van der Waals surface area contributed by atoms with Crippen LogP contribution in [0.4, 0.5) is 0 Å². The molecule has 4 aromatic carbocycles. The van der Waals surface area contributed by atoms with Crippen LogP contribution in [0.3, 0.4) is 0 Å². The number of rotatable bonds is 16. The van der Waals surface area contributed by atoms with Crippen molar-refractivity contribution in [3.63, 3.8) is 0 Å². The third kappa shape index (κ3) is 8.15. The fraction of sp³-hybridized carbons (Fsp3) is 0.381. The number of Topliss-reactive ketones (excluding diaryl/α,β-unsaturated/α-hetero) is 2. The highest BCUT2D eigenvalue weighted by Gasteiger charge is 2.41. The first-order valence-electron chi connectivity index (χ1n) is 17.3. The first-order valence-corrected chi connectivity index (χ1v) is 17.3. The Balaban J connectivity index is 1.29. The fourth-order valence-electron chi connectivity index (χ4n) is 6.57. The van der Waals surface area contributed by atoms with Crippen LogP contribution in [0.1, 0.15) is 71.7 Å². The Hall–Kier alpha value is -5.42. The van der Waals surface area contributed by atoms with Gasteiger partial charge in [0, 0.05) is 11.1 Å². The molecule has 1 aliphatic heterocycles. The van der Waals surface area contributed by atoms with Crippen LogP contribution >= 0.6 is 0 Å². The van der Waals surface area contributed by atoms with Gasteiger partial charge in [0.25, 0.3) is 0 Å². The number of ether oxygens (including phenoxy) is 9. The van der Waals surface area contributed by atoms with E-state index in [4.69, 9.17) is 42.6 Å². The van der Waals surface area contributed by atoms with Gasteiger partial charge in [-0.2, -0.15) is 0 Å². The lowest BCUT2D eigenvalue weighted by Gasteiger charge is -2.21. The molecule has 6 atom stereocenters. The number of carbonyl (C=O) groups excluding carboxylic acids is 2. The molecule has 11 heteroatoms. The molecule has 11 nitrogen and oxygen atoms in total. The highest BCUT2D eigenvalue weighted by Crippen LogP contribution is 2.51. The van der Waals surface area contributed by atoms with E-state index in [2.05, 4.69) is 13.8 Å². The summed E-state index contributed by atoms with van der Waals surface area (Å²) in [6.45, 7) is 7.71. The van der Waals surface area contributed by atoms with Crippen molar-refractivity contribution in [2.24, 2.45) is 11.8 Å². The van der Waals surface area contributed by atoms with Crippen LogP contribution in [0.25, 0.3) is 0 Å². The zero-order chi connectivity index (χ0) is 38.4. The molecule has 0 bridgehead atoms. The van der Waals surface area contributed by atoms with Crippen molar-refractivity contribution in [3.05, 3.63) is 95.1 Å². The van der Waals surface area contributed by atoms with Gasteiger partial charge in [0.2, 0.25) is 11.6 Å². The van der Waals surface area contributed by atoms with E-state index in [0.717, 1.165) is 11.1 Å². The number of benzene rings is 4. The Morgan fingerprint density at radius 2 is 0.792 bits per heavy atom. The van der Waals surface area contributed by atoms with Crippen LogP contribution in [0, 0.1) is 11.8 Å². The molecule has 0 amide bonds. The Bertz CT molecular complexity index is 1780. The normalized spacial score (nSPS) is 19.1. The van der Waals surface area contributed by atoms with Crippen LogP contribution in [-0.4, -0.2) is 66.4 Å². The van der Waals surface area contributed by atoms with Crippen molar-refractivity contribution in [1.29, 1.82) is 0 Å². The molecule has 282 valence electrons. The molecule has 0 radical (unpaired) electrons. The van der Waals surface area contributed by atoms with Crippen molar-refractivity contribution in [3.8, 4) is 46.0 Å². The summed E-state index contributed by atoms with van der Waals surface area (Å²) in [5.41, 5.74) is 2.72. The van der Waals surface area contributed by atoms with Crippen LogP contribution in [0.15, 0.2) is 72.8 Å². The van der Waals surface area contributed by atoms with Crippen LogP contribution in [0.2, 0.25) is 0 Å². The summed E-state index contributed by atoms with van der Waals surface area (Å²) >= 11 is 0. The SMILES string of the molecule is COc1ccc(C(=O)C(C)Oc2ccc([C@H]3O[C@H](c4ccc(OC(C)C(=O)c5ccc(OC)c(OC)c5)c(OC)c4)[C@H](C)[C@H]3C)cc2OC)cc1OC. The average molecular weight is 729 g/mol. The van der Waals surface area contributed by atoms with Crippen molar-refractivity contribution in [2.45, 2.75) is 52.1 Å². The maximum Gasteiger partial charge on any atom is 0.203 e.